The van der Waals surface area contributed by atoms with Crippen molar-refractivity contribution in [2.24, 2.45) is 5.92 Å². The fourth-order valence-corrected chi connectivity index (χ4v) is 3.28. The topological polar surface area (TPSA) is 49.4 Å². The van der Waals surface area contributed by atoms with E-state index in [1.54, 1.807) is 17.0 Å². The molecule has 0 spiro atoms. The molecule has 0 saturated carbocycles. The second-order valence-electron chi connectivity index (χ2n) is 6.40. The maximum absolute atomic E-state index is 12.5. The molecule has 0 bridgehead atoms. The summed E-state index contributed by atoms with van der Waals surface area (Å²) in [5.74, 6) is -0.582. The van der Waals surface area contributed by atoms with Gasteiger partial charge >= 0.3 is 0 Å². The molecule has 0 aliphatic carbocycles. The van der Waals surface area contributed by atoms with Gasteiger partial charge in [-0.05, 0) is 48.7 Å². The van der Waals surface area contributed by atoms with E-state index in [-0.39, 0.29) is 24.2 Å². The minimum atomic E-state index is -0.379. The van der Waals surface area contributed by atoms with Crippen molar-refractivity contribution in [1.82, 2.24) is 0 Å². The fraction of sp³-hybridized carbons (Fsp3) is 0.300. The summed E-state index contributed by atoms with van der Waals surface area (Å²) >= 11 is 6.17. The molecule has 0 aromatic heterocycles. The number of anilines is 2. The third kappa shape index (κ3) is 3.85. The Morgan fingerprint density at radius 2 is 1.96 bits per heavy atom. The molecule has 2 amide bonds. The quantitative estimate of drug-likeness (QED) is 0.892. The predicted octanol–water partition coefficient (Wildman–Crippen LogP) is 4.20. The van der Waals surface area contributed by atoms with Crippen molar-refractivity contribution < 1.29 is 9.59 Å². The summed E-state index contributed by atoms with van der Waals surface area (Å²) in [7, 11) is 0. The molecule has 2 aromatic carbocycles. The van der Waals surface area contributed by atoms with Crippen LogP contribution in [0.3, 0.4) is 0 Å². The Labute approximate surface area is 152 Å². The largest absolute Gasteiger partial charge is 0.324 e. The van der Waals surface area contributed by atoms with Crippen LogP contribution in [0.2, 0.25) is 5.02 Å². The van der Waals surface area contributed by atoms with E-state index in [0.717, 1.165) is 17.7 Å². The van der Waals surface area contributed by atoms with Gasteiger partial charge in [0.15, 0.2) is 0 Å². The minimum absolute atomic E-state index is 0.0283. The highest BCUT2D eigenvalue weighted by Crippen LogP contribution is 2.28. The van der Waals surface area contributed by atoms with Crippen molar-refractivity contribution in [2.45, 2.75) is 26.7 Å². The first-order chi connectivity index (χ1) is 12.0. The molecule has 1 aliphatic heterocycles. The van der Waals surface area contributed by atoms with Crippen molar-refractivity contribution >= 4 is 34.8 Å². The Balaban J connectivity index is 1.69. The lowest BCUT2D eigenvalue weighted by atomic mass is 10.1. The maximum atomic E-state index is 12.5. The zero-order valence-electron chi connectivity index (χ0n) is 14.4. The fourth-order valence-electron chi connectivity index (χ4n) is 3.00. The van der Waals surface area contributed by atoms with Gasteiger partial charge in [-0.2, -0.15) is 0 Å². The molecule has 5 heteroatoms. The number of hydrogen-bond acceptors (Lipinski definition) is 2. The molecule has 1 atom stereocenters. The van der Waals surface area contributed by atoms with Crippen LogP contribution in [-0.2, 0) is 16.0 Å². The third-order valence-corrected chi connectivity index (χ3v) is 4.85. The molecular weight excluding hydrogens is 336 g/mol. The number of carbonyl (C=O) groups excluding carboxylic acids is 2. The monoisotopic (exact) mass is 356 g/mol. The third-order valence-electron chi connectivity index (χ3n) is 4.53. The number of nitrogens with zero attached hydrogens (tertiary/aromatic N) is 1. The van der Waals surface area contributed by atoms with Gasteiger partial charge in [-0.1, -0.05) is 36.7 Å². The van der Waals surface area contributed by atoms with Crippen molar-refractivity contribution in [3.8, 4) is 0 Å². The number of amides is 2. The Hall–Kier alpha value is -2.33. The lowest BCUT2D eigenvalue weighted by Gasteiger charge is -2.17. The Bertz CT molecular complexity index is 802. The summed E-state index contributed by atoms with van der Waals surface area (Å²) < 4.78 is 0. The zero-order chi connectivity index (χ0) is 18.0. The number of hydrogen-bond donors (Lipinski definition) is 1. The number of carbonyl (C=O) groups is 2. The summed E-state index contributed by atoms with van der Waals surface area (Å²) in [5, 5.41) is 3.34. The van der Waals surface area contributed by atoms with Gasteiger partial charge in [-0.25, -0.2) is 0 Å². The molecule has 1 N–H and O–H groups in total. The second kappa shape index (κ2) is 7.28. The van der Waals surface area contributed by atoms with Crippen molar-refractivity contribution in [3.05, 3.63) is 58.6 Å². The zero-order valence-corrected chi connectivity index (χ0v) is 15.1. The Morgan fingerprint density at radius 1 is 1.24 bits per heavy atom. The number of rotatable bonds is 4. The number of aryl methyl sites for hydroxylation is 2. The van der Waals surface area contributed by atoms with Crippen LogP contribution in [-0.4, -0.2) is 18.4 Å². The molecule has 3 rings (SSSR count). The van der Waals surface area contributed by atoms with E-state index in [9.17, 15) is 9.59 Å². The van der Waals surface area contributed by atoms with Crippen molar-refractivity contribution in [3.63, 3.8) is 0 Å². The van der Waals surface area contributed by atoms with Gasteiger partial charge in [-0.3, -0.25) is 9.59 Å². The first-order valence-corrected chi connectivity index (χ1v) is 8.82. The van der Waals surface area contributed by atoms with Crippen LogP contribution in [0.5, 0.6) is 0 Å². The van der Waals surface area contributed by atoms with E-state index < -0.39 is 0 Å². The number of halogens is 1. The van der Waals surface area contributed by atoms with Crippen LogP contribution in [0.15, 0.2) is 42.5 Å². The highest BCUT2D eigenvalue weighted by molar-refractivity contribution is 6.33. The molecule has 1 aliphatic rings. The van der Waals surface area contributed by atoms with Gasteiger partial charge < -0.3 is 10.2 Å². The molecule has 1 heterocycles. The van der Waals surface area contributed by atoms with E-state index >= 15 is 0 Å². The van der Waals surface area contributed by atoms with E-state index in [0.29, 0.717) is 17.3 Å². The van der Waals surface area contributed by atoms with E-state index in [4.69, 9.17) is 11.6 Å². The average Bonchev–Trinajstić information content (AvgIpc) is 2.99. The normalized spacial score (nSPS) is 17.0. The standard InChI is InChI=1S/C20H21ClN2O2/c1-3-14-5-7-16(8-6-14)23-12-15(11-19(23)24)20(25)22-18-9-4-13(2)10-17(18)21/h4-10,15H,3,11-12H2,1-2H3,(H,22,25)/t15-/m0/s1. The van der Waals surface area contributed by atoms with Gasteiger partial charge in [0.2, 0.25) is 11.8 Å². The Morgan fingerprint density at radius 3 is 2.60 bits per heavy atom. The molecule has 2 aromatic rings. The van der Waals surface area contributed by atoms with Gasteiger partial charge in [0.1, 0.15) is 0 Å². The van der Waals surface area contributed by atoms with Crippen molar-refractivity contribution in [2.75, 3.05) is 16.8 Å². The van der Waals surface area contributed by atoms with Gasteiger partial charge in [0.25, 0.3) is 0 Å². The maximum Gasteiger partial charge on any atom is 0.229 e. The summed E-state index contributed by atoms with van der Waals surface area (Å²) in [6.45, 7) is 4.42. The van der Waals surface area contributed by atoms with Crippen LogP contribution in [0, 0.1) is 12.8 Å². The summed E-state index contributed by atoms with van der Waals surface area (Å²) in [5.41, 5.74) is 3.67. The first-order valence-electron chi connectivity index (χ1n) is 8.44. The van der Waals surface area contributed by atoms with E-state index in [1.165, 1.54) is 5.56 Å². The van der Waals surface area contributed by atoms with Crippen LogP contribution in [0.4, 0.5) is 11.4 Å². The molecule has 0 radical (unpaired) electrons. The summed E-state index contributed by atoms with van der Waals surface area (Å²) in [6.07, 6.45) is 1.17. The molecule has 4 nitrogen and oxygen atoms in total. The first kappa shape index (κ1) is 17.5. The SMILES string of the molecule is CCc1ccc(N2C[C@@H](C(=O)Nc3ccc(C)cc3Cl)CC2=O)cc1. The van der Waals surface area contributed by atoms with E-state index in [1.807, 2.05) is 37.3 Å². The summed E-state index contributed by atoms with van der Waals surface area (Å²) in [4.78, 5) is 26.5. The average molecular weight is 357 g/mol. The van der Waals surface area contributed by atoms with Gasteiger partial charge in [0, 0.05) is 18.7 Å². The highest BCUT2D eigenvalue weighted by Gasteiger charge is 2.35. The van der Waals surface area contributed by atoms with Crippen LogP contribution < -0.4 is 10.2 Å². The minimum Gasteiger partial charge on any atom is -0.324 e. The van der Waals surface area contributed by atoms with Gasteiger partial charge in [-0.15, -0.1) is 0 Å². The van der Waals surface area contributed by atoms with Crippen LogP contribution in [0.1, 0.15) is 24.5 Å². The molecule has 1 fully saturated rings. The highest BCUT2D eigenvalue weighted by atomic mass is 35.5. The number of benzene rings is 2. The lowest BCUT2D eigenvalue weighted by molar-refractivity contribution is -0.122. The lowest BCUT2D eigenvalue weighted by Crippen LogP contribution is -2.28. The molecular formula is C20H21ClN2O2. The van der Waals surface area contributed by atoms with E-state index in [2.05, 4.69) is 12.2 Å². The van der Waals surface area contributed by atoms with Crippen molar-refractivity contribution in [1.29, 1.82) is 0 Å². The summed E-state index contributed by atoms with van der Waals surface area (Å²) in [6, 6.07) is 13.4. The molecule has 25 heavy (non-hydrogen) atoms. The van der Waals surface area contributed by atoms with Gasteiger partial charge in [0.05, 0.1) is 16.6 Å². The predicted molar refractivity (Wildman–Crippen MR) is 101 cm³/mol. The molecule has 130 valence electrons. The van der Waals surface area contributed by atoms with Crippen LogP contribution >= 0.6 is 11.6 Å². The van der Waals surface area contributed by atoms with Crippen LogP contribution in [0.25, 0.3) is 0 Å². The Kier molecular flexibility index (Phi) is 5.09. The smallest absolute Gasteiger partial charge is 0.229 e. The number of nitrogens with one attached hydrogen (secondary N) is 1. The molecule has 1 saturated heterocycles. The second-order valence-corrected chi connectivity index (χ2v) is 6.81. The molecule has 0 unspecified atom stereocenters.